The minimum Gasteiger partial charge on any atom is -0.463 e. The fourth-order valence-electron chi connectivity index (χ4n) is 4.53. The van der Waals surface area contributed by atoms with Crippen LogP contribution in [0.15, 0.2) is 91.0 Å². The molecular weight excluding hydrogens is 532 g/mol. The topological polar surface area (TPSA) is 63.2 Å². The van der Waals surface area contributed by atoms with Crippen LogP contribution in [0.25, 0.3) is 0 Å². The first-order valence-corrected chi connectivity index (χ1v) is 17.6. The maximum atomic E-state index is 11.8. The molecular formula is C34H40O6Si. The van der Waals surface area contributed by atoms with Crippen molar-refractivity contribution < 1.29 is 28.5 Å². The van der Waals surface area contributed by atoms with E-state index in [-0.39, 0.29) is 12.6 Å². The maximum Gasteiger partial charge on any atom is 0.302 e. The van der Waals surface area contributed by atoms with Gasteiger partial charge in [-0.3, -0.25) is 4.79 Å². The molecule has 1 aliphatic heterocycles. The third-order valence-electron chi connectivity index (χ3n) is 6.53. The summed E-state index contributed by atoms with van der Waals surface area (Å²) in [6.45, 7) is 9.04. The molecule has 0 unspecified atom stereocenters. The average Bonchev–Trinajstić information content (AvgIpc) is 2.97. The molecule has 1 aliphatic rings. The molecule has 7 heteroatoms. The van der Waals surface area contributed by atoms with Crippen molar-refractivity contribution in [1.82, 2.24) is 0 Å². The number of esters is 1. The molecule has 0 spiro atoms. The van der Waals surface area contributed by atoms with Crippen molar-refractivity contribution in [3.05, 3.63) is 108 Å². The molecule has 3 aromatic carbocycles. The third-order valence-corrected chi connectivity index (χ3v) is 7.42. The van der Waals surface area contributed by atoms with E-state index in [2.05, 4.69) is 31.1 Å². The molecule has 5 atom stereocenters. The number of hydrogen-bond donors (Lipinski definition) is 0. The molecule has 0 aromatic heterocycles. The molecule has 4 rings (SSSR count). The Labute approximate surface area is 244 Å². The smallest absolute Gasteiger partial charge is 0.302 e. The predicted molar refractivity (Wildman–Crippen MR) is 161 cm³/mol. The van der Waals surface area contributed by atoms with Gasteiger partial charge in [0, 0.05) is 6.92 Å². The molecule has 6 nitrogen and oxygen atoms in total. The Morgan fingerprint density at radius 3 is 1.59 bits per heavy atom. The fourth-order valence-corrected chi connectivity index (χ4v) is 5.10. The van der Waals surface area contributed by atoms with Crippen LogP contribution >= 0.6 is 0 Å². The third kappa shape index (κ3) is 9.96. The van der Waals surface area contributed by atoms with E-state index in [1.165, 1.54) is 6.92 Å². The maximum absolute atomic E-state index is 11.8. The Hall–Kier alpha value is -3.25. The molecule has 0 radical (unpaired) electrons. The fraction of sp³-hybridized carbons (Fsp3) is 0.382. The van der Waals surface area contributed by atoms with Gasteiger partial charge in [-0.25, -0.2) is 0 Å². The number of benzene rings is 3. The quantitative estimate of drug-likeness (QED) is 0.161. The molecule has 216 valence electrons. The molecule has 0 bridgehead atoms. The summed E-state index contributed by atoms with van der Waals surface area (Å²) in [5.41, 5.74) is 6.54. The first kappa shape index (κ1) is 30.7. The second-order valence-corrected chi connectivity index (χ2v) is 16.0. The van der Waals surface area contributed by atoms with E-state index in [0.717, 1.165) is 16.7 Å². The molecule has 0 aliphatic carbocycles. The van der Waals surface area contributed by atoms with E-state index >= 15 is 0 Å². The normalized spacial score (nSPS) is 22.4. The highest BCUT2D eigenvalue weighted by Gasteiger charge is 2.48. The van der Waals surface area contributed by atoms with Gasteiger partial charge in [0.25, 0.3) is 0 Å². The predicted octanol–water partition coefficient (Wildman–Crippen LogP) is 5.95. The Kier molecular flexibility index (Phi) is 11.3. The van der Waals surface area contributed by atoms with E-state index in [0.29, 0.717) is 19.8 Å². The van der Waals surface area contributed by atoms with Gasteiger partial charge in [0.1, 0.15) is 45.2 Å². The van der Waals surface area contributed by atoms with Crippen LogP contribution in [-0.2, 0) is 48.3 Å². The molecule has 0 saturated carbocycles. The van der Waals surface area contributed by atoms with Gasteiger partial charge in [-0.1, -0.05) is 117 Å². The van der Waals surface area contributed by atoms with Crippen molar-refractivity contribution >= 4 is 14.0 Å². The Bertz CT molecular complexity index is 1270. The molecule has 0 N–H and O–H groups in total. The van der Waals surface area contributed by atoms with Crippen LogP contribution in [0.5, 0.6) is 0 Å². The number of carbonyl (C=O) groups is 1. The van der Waals surface area contributed by atoms with Crippen molar-refractivity contribution in [3.8, 4) is 11.5 Å². The number of rotatable bonds is 11. The zero-order valence-electron chi connectivity index (χ0n) is 24.3. The van der Waals surface area contributed by atoms with Gasteiger partial charge in [0.05, 0.1) is 19.8 Å². The summed E-state index contributed by atoms with van der Waals surface area (Å²) in [5.74, 6) is 2.99. The SMILES string of the molecule is CC(=O)OC[C@H]1O[C@H](C#C[Si](C)(C)C)[C@@H](OCc2ccccc2)[C@@H](OCc2ccccc2)[C@@H]1OCc1ccccc1. The zero-order valence-corrected chi connectivity index (χ0v) is 25.3. The highest BCUT2D eigenvalue weighted by Crippen LogP contribution is 2.31. The van der Waals surface area contributed by atoms with E-state index < -0.39 is 38.6 Å². The molecule has 3 aromatic rings. The highest BCUT2D eigenvalue weighted by atomic mass is 28.3. The summed E-state index contributed by atoms with van der Waals surface area (Å²) >= 11 is 0. The Morgan fingerprint density at radius 2 is 1.15 bits per heavy atom. The van der Waals surface area contributed by atoms with Crippen LogP contribution in [0.2, 0.25) is 19.6 Å². The van der Waals surface area contributed by atoms with Gasteiger partial charge in [-0.15, -0.1) is 5.54 Å². The standard InChI is InChI=1S/C34H40O6Si/c1-26(35)36-25-31-33(38-23-28-16-10-6-11-17-28)34(39-24-29-18-12-7-13-19-29)32(30(40-31)20-21-41(2,3)4)37-22-27-14-8-5-9-15-27/h5-19,30-34H,22-25H2,1-4H3/t30-,31-,32-,33-,34-/m1/s1. The lowest BCUT2D eigenvalue weighted by molar-refractivity contribution is -0.259. The second kappa shape index (κ2) is 15.1. The molecule has 41 heavy (non-hydrogen) atoms. The van der Waals surface area contributed by atoms with E-state index in [9.17, 15) is 4.79 Å². The summed E-state index contributed by atoms with van der Waals surface area (Å²) in [7, 11) is -1.74. The summed E-state index contributed by atoms with van der Waals surface area (Å²) in [5, 5.41) is 0. The highest BCUT2D eigenvalue weighted by molar-refractivity contribution is 6.83. The average molecular weight is 573 g/mol. The first-order chi connectivity index (χ1) is 19.8. The molecule has 1 saturated heterocycles. The zero-order chi connectivity index (χ0) is 29.1. The lowest BCUT2D eigenvalue weighted by Gasteiger charge is -2.44. The van der Waals surface area contributed by atoms with Crippen molar-refractivity contribution in [1.29, 1.82) is 0 Å². The number of hydrogen-bond acceptors (Lipinski definition) is 6. The van der Waals surface area contributed by atoms with Gasteiger partial charge in [-0.2, -0.15) is 0 Å². The van der Waals surface area contributed by atoms with E-state index in [1.807, 2.05) is 91.0 Å². The van der Waals surface area contributed by atoms with Gasteiger partial charge >= 0.3 is 5.97 Å². The minimum absolute atomic E-state index is 0.0243. The molecule has 1 fully saturated rings. The first-order valence-electron chi connectivity index (χ1n) is 14.1. The Morgan fingerprint density at radius 1 is 0.707 bits per heavy atom. The number of carbonyl (C=O) groups excluding carboxylic acids is 1. The minimum atomic E-state index is -1.74. The Balaban J connectivity index is 1.69. The van der Waals surface area contributed by atoms with Crippen LogP contribution < -0.4 is 0 Å². The van der Waals surface area contributed by atoms with Crippen LogP contribution in [-0.4, -0.2) is 51.2 Å². The largest absolute Gasteiger partial charge is 0.463 e. The van der Waals surface area contributed by atoms with Crippen LogP contribution in [0, 0.1) is 11.5 Å². The summed E-state index contributed by atoms with van der Waals surface area (Å²) in [4.78, 5) is 11.8. The van der Waals surface area contributed by atoms with Gasteiger partial charge < -0.3 is 23.7 Å². The summed E-state index contributed by atoms with van der Waals surface area (Å²) in [6.07, 6.45) is -2.86. The number of ether oxygens (including phenoxy) is 5. The second-order valence-electron chi connectivity index (χ2n) is 11.2. The van der Waals surface area contributed by atoms with E-state index in [4.69, 9.17) is 23.7 Å². The van der Waals surface area contributed by atoms with Gasteiger partial charge in [-0.05, 0) is 16.7 Å². The van der Waals surface area contributed by atoms with E-state index in [1.54, 1.807) is 0 Å². The van der Waals surface area contributed by atoms with Crippen LogP contribution in [0.3, 0.4) is 0 Å². The monoisotopic (exact) mass is 572 g/mol. The molecule has 1 heterocycles. The lowest BCUT2D eigenvalue weighted by Crippen LogP contribution is -2.61. The van der Waals surface area contributed by atoms with Crippen LogP contribution in [0.1, 0.15) is 23.6 Å². The van der Waals surface area contributed by atoms with Gasteiger partial charge in [0.2, 0.25) is 0 Å². The van der Waals surface area contributed by atoms with Gasteiger partial charge in [0.15, 0.2) is 0 Å². The summed E-state index contributed by atoms with van der Waals surface area (Å²) in [6, 6.07) is 30.0. The van der Waals surface area contributed by atoms with Crippen molar-refractivity contribution in [2.45, 2.75) is 76.9 Å². The lowest BCUT2D eigenvalue weighted by atomic mass is 9.94. The van der Waals surface area contributed by atoms with Crippen molar-refractivity contribution in [2.24, 2.45) is 0 Å². The van der Waals surface area contributed by atoms with Crippen molar-refractivity contribution in [2.75, 3.05) is 6.61 Å². The van der Waals surface area contributed by atoms with Crippen LogP contribution in [0.4, 0.5) is 0 Å². The summed E-state index contributed by atoms with van der Waals surface area (Å²) < 4.78 is 31.8. The molecule has 0 amide bonds. The van der Waals surface area contributed by atoms with Crippen molar-refractivity contribution in [3.63, 3.8) is 0 Å².